The maximum atomic E-state index is 13.5. The molecule has 0 atom stereocenters. The number of ether oxygens (including phenoxy) is 1. The molecular weight excluding hydrogens is 191 g/mol. The Morgan fingerprint density at radius 1 is 1.27 bits per heavy atom. The molecule has 1 nitrogen and oxygen atoms in total. The summed E-state index contributed by atoms with van der Waals surface area (Å²) in [4.78, 5) is 0. The Bertz CT molecular complexity index is 329. The summed E-state index contributed by atoms with van der Waals surface area (Å²) in [6, 6.07) is 5.25. The van der Waals surface area contributed by atoms with Gasteiger partial charge in [0.2, 0.25) is 0 Å². The normalized spacial score (nSPS) is 11.5. The number of rotatable bonds is 4. The van der Waals surface area contributed by atoms with Crippen molar-refractivity contribution in [3.63, 3.8) is 0 Å². The van der Waals surface area contributed by atoms with Crippen LogP contribution in [0.4, 0.5) is 4.39 Å². The van der Waals surface area contributed by atoms with E-state index in [4.69, 9.17) is 4.74 Å². The van der Waals surface area contributed by atoms with Crippen LogP contribution in [-0.4, -0.2) is 7.11 Å². The van der Waals surface area contributed by atoms with Crippen molar-refractivity contribution in [3.8, 4) is 5.75 Å². The van der Waals surface area contributed by atoms with Gasteiger partial charge in [0.25, 0.3) is 0 Å². The summed E-state index contributed by atoms with van der Waals surface area (Å²) in [5, 5.41) is 0. The van der Waals surface area contributed by atoms with Gasteiger partial charge in [0, 0.05) is 0 Å². The van der Waals surface area contributed by atoms with Crippen LogP contribution in [0.3, 0.4) is 0 Å². The van der Waals surface area contributed by atoms with Crippen molar-refractivity contribution in [2.45, 2.75) is 39.0 Å². The molecule has 0 saturated carbocycles. The standard InChI is InChI=1S/C13H19FO/c1-5-13(3,6-2)10-7-8-12(15-4)11(14)9-10/h7-9H,5-6H2,1-4H3. The fraction of sp³-hybridized carbons (Fsp3) is 0.538. The van der Waals surface area contributed by atoms with Crippen LogP contribution >= 0.6 is 0 Å². The van der Waals surface area contributed by atoms with Gasteiger partial charge in [0.1, 0.15) is 0 Å². The highest BCUT2D eigenvalue weighted by Gasteiger charge is 2.23. The molecule has 0 spiro atoms. The summed E-state index contributed by atoms with van der Waals surface area (Å²) in [6.07, 6.45) is 2.02. The lowest BCUT2D eigenvalue weighted by Gasteiger charge is -2.27. The van der Waals surface area contributed by atoms with Crippen LogP contribution in [0.2, 0.25) is 0 Å². The minimum Gasteiger partial charge on any atom is -0.494 e. The summed E-state index contributed by atoms with van der Waals surface area (Å²) in [5.74, 6) is 0.0384. The van der Waals surface area contributed by atoms with Crippen molar-refractivity contribution in [2.75, 3.05) is 7.11 Å². The number of hydrogen-bond donors (Lipinski definition) is 0. The number of benzene rings is 1. The Kier molecular flexibility index (Phi) is 3.72. The molecule has 0 saturated heterocycles. The predicted molar refractivity (Wildman–Crippen MR) is 60.9 cm³/mol. The molecule has 0 radical (unpaired) electrons. The van der Waals surface area contributed by atoms with E-state index in [1.807, 2.05) is 6.07 Å². The summed E-state index contributed by atoms with van der Waals surface area (Å²) >= 11 is 0. The number of methoxy groups -OCH3 is 1. The predicted octanol–water partition coefficient (Wildman–Crippen LogP) is 3.91. The van der Waals surface area contributed by atoms with Crippen LogP contribution < -0.4 is 4.74 Å². The highest BCUT2D eigenvalue weighted by molar-refractivity contribution is 5.33. The van der Waals surface area contributed by atoms with Crippen molar-refractivity contribution in [1.82, 2.24) is 0 Å². The molecule has 0 amide bonds. The van der Waals surface area contributed by atoms with Gasteiger partial charge in [-0.05, 0) is 36.0 Å². The third-order valence-electron chi connectivity index (χ3n) is 3.41. The van der Waals surface area contributed by atoms with Gasteiger partial charge in [-0.25, -0.2) is 4.39 Å². The molecule has 1 aromatic carbocycles. The molecule has 0 bridgehead atoms. The Morgan fingerprint density at radius 2 is 1.87 bits per heavy atom. The fourth-order valence-corrected chi connectivity index (χ4v) is 1.70. The zero-order chi connectivity index (χ0) is 11.5. The van der Waals surface area contributed by atoms with Crippen LogP contribution in [0, 0.1) is 5.82 Å². The molecule has 1 aromatic rings. The zero-order valence-electron chi connectivity index (χ0n) is 9.93. The Labute approximate surface area is 91.3 Å². The molecule has 15 heavy (non-hydrogen) atoms. The van der Waals surface area contributed by atoms with E-state index in [2.05, 4.69) is 20.8 Å². The first-order valence-electron chi connectivity index (χ1n) is 5.41. The van der Waals surface area contributed by atoms with Gasteiger partial charge in [0.15, 0.2) is 11.6 Å². The third kappa shape index (κ3) is 2.31. The smallest absolute Gasteiger partial charge is 0.165 e. The molecule has 0 aliphatic heterocycles. The zero-order valence-corrected chi connectivity index (χ0v) is 9.93. The Balaban J connectivity index is 3.11. The monoisotopic (exact) mass is 210 g/mol. The van der Waals surface area contributed by atoms with E-state index in [-0.39, 0.29) is 11.2 Å². The number of halogens is 1. The van der Waals surface area contributed by atoms with E-state index in [0.29, 0.717) is 5.75 Å². The van der Waals surface area contributed by atoms with Crippen molar-refractivity contribution < 1.29 is 9.13 Å². The molecule has 0 fully saturated rings. The Hall–Kier alpha value is -1.05. The average molecular weight is 210 g/mol. The third-order valence-corrected chi connectivity index (χ3v) is 3.41. The van der Waals surface area contributed by atoms with Gasteiger partial charge in [-0.3, -0.25) is 0 Å². The van der Waals surface area contributed by atoms with Crippen molar-refractivity contribution in [1.29, 1.82) is 0 Å². The van der Waals surface area contributed by atoms with Gasteiger partial charge < -0.3 is 4.74 Å². The number of hydrogen-bond acceptors (Lipinski definition) is 1. The van der Waals surface area contributed by atoms with Crippen LogP contribution in [0.1, 0.15) is 39.2 Å². The Morgan fingerprint density at radius 3 is 2.27 bits per heavy atom. The van der Waals surface area contributed by atoms with Gasteiger partial charge in [0.05, 0.1) is 7.11 Å². The van der Waals surface area contributed by atoms with Crippen LogP contribution in [0.25, 0.3) is 0 Å². The summed E-state index contributed by atoms with van der Waals surface area (Å²) < 4.78 is 18.4. The SMILES string of the molecule is CCC(C)(CC)c1ccc(OC)c(F)c1. The molecule has 0 aliphatic carbocycles. The van der Waals surface area contributed by atoms with Crippen molar-refractivity contribution in [2.24, 2.45) is 0 Å². The molecule has 0 heterocycles. The molecule has 84 valence electrons. The molecule has 2 heteroatoms. The minimum atomic E-state index is -0.275. The minimum absolute atomic E-state index is 0.0626. The lowest BCUT2D eigenvalue weighted by atomic mass is 9.78. The quantitative estimate of drug-likeness (QED) is 0.732. The van der Waals surface area contributed by atoms with E-state index in [1.165, 1.54) is 7.11 Å². The lowest BCUT2D eigenvalue weighted by Crippen LogP contribution is -2.19. The van der Waals surface area contributed by atoms with Crippen molar-refractivity contribution >= 4 is 0 Å². The van der Waals surface area contributed by atoms with E-state index in [1.54, 1.807) is 12.1 Å². The van der Waals surface area contributed by atoms with E-state index in [0.717, 1.165) is 18.4 Å². The molecular formula is C13H19FO. The maximum absolute atomic E-state index is 13.5. The van der Waals surface area contributed by atoms with Crippen LogP contribution in [-0.2, 0) is 5.41 Å². The van der Waals surface area contributed by atoms with E-state index < -0.39 is 0 Å². The fourth-order valence-electron chi connectivity index (χ4n) is 1.70. The van der Waals surface area contributed by atoms with Crippen LogP contribution in [0.15, 0.2) is 18.2 Å². The van der Waals surface area contributed by atoms with Gasteiger partial charge in [-0.1, -0.05) is 26.8 Å². The van der Waals surface area contributed by atoms with Gasteiger partial charge in [-0.2, -0.15) is 0 Å². The van der Waals surface area contributed by atoms with Gasteiger partial charge in [-0.15, -0.1) is 0 Å². The summed E-state index contributed by atoms with van der Waals surface area (Å²) in [7, 11) is 1.48. The largest absolute Gasteiger partial charge is 0.494 e. The van der Waals surface area contributed by atoms with Gasteiger partial charge >= 0.3 is 0 Å². The van der Waals surface area contributed by atoms with Crippen LogP contribution in [0.5, 0.6) is 5.75 Å². The molecule has 0 aliphatic rings. The first kappa shape index (κ1) is 12.0. The lowest BCUT2D eigenvalue weighted by molar-refractivity contribution is 0.382. The molecule has 0 aromatic heterocycles. The van der Waals surface area contributed by atoms with Crippen molar-refractivity contribution in [3.05, 3.63) is 29.6 Å². The second-order valence-electron chi connectivity index (χ2n) is 4.12. The maximum Gasteiger partial charge on any atom is 0.165 e. The summed E-state index contributed by atoms with van der Waals surface area (Å²) in [6.45, 7) is 6.42. The second-order valence-corrected chi connectivity index (χ2v) is 4.12. The first-order valence-corrected chi connectivity index (χ1v) is 5.41. The topological polar surface area (TPSA) is 9.23 Å². The highest BCUT2D eigenvalue weighted by Crippen LogP contribution is 2.33. The molecule has 1 rings (SSSR count). The molecule has 0 N–H and O–H groups in total. The van der Waals surface area contributed by atoms with E-state index >= 15 is 0 Å². The van der Waals surface area contributed by atoms with E-state index in [9.17, 15) is 4.39 Å². The average Bonchev–Trinajstić information content (AvgIpc) is 2.28. The molecule has 0 unspecified atom stereocenters. The first-order chi connectivity index (χ1) is 7.07. The highest BCUT2D eigenvalue weighted by atomic mass is 19.1. The second kappa shape index (κ2) is 4.65. The summed E-state index contributed by atoms with van der Waals surface area (Å²) in [5.41, 5.74) is 1.11.